The minimum Gasteiger partial charge on any atom is -0.496 e. The average molecular weight is 334 g/mol. The normalized spacial score (nSPS) is 10.3. The second-order valence-electron chi connectivity index (χ2n) is 4.83. The van der Waals surface area contributed by atoms with Gasteiger partial charge in [-0.3, -0.25) is 0 Å². The summed E-state index contributed by atoms with van der Waals surface area (Å²) in [7, 11) is 2.93. The van der Waals surface area contributed by atoms with Crippen LogP contribution in [0.3, 0.4) is 0 Å². The molecule has 0 aliphatic rings. The molecule has 0 aliphatic carbocycles. The van der Waals surface area contributed by atoms with Gasteiger partial charge in [0.05, 0.1) is 26.4 Å². The molecule has 2 rings (SSSR count). The highest BCUT2D eigenvalue weighted by molar-refractivity contribution is 5.89. The average Bonchev–Trinajstić information content (AvgIpc) is 2.59. The van der Waals surface area contributed by atoms with Crippen molar-refractivity contribution in [3.63, 3.8) is 0 Å². The van der Waals surface area contributed by atoms with Crippen LogP contribution in [0, 0.1) is 0 Å². The molecule has 128 valence electrons. The zero-order chi connectivity index (χ0) is 17.7. The van der Waals surface area contributed by atoms with E-state index in [4.69, 9.17) is 23.7 Å². The number of hydrogen-bond acceptors (Lipinski definition) is 6. The Hall–Kier alpha value is -2.96. The van der Waals surface area contributed by atoms with Gasteiger partial charge >= 0.3 is 11.6 Å². The van der Waals surface area contributed by atoms with Gasteiger partial charge in [-0.05, 0) is 18.6 Å². The van der Waals surface area contributed by atoms with Crippen molar-refractivity contribution in [1.82, 2.24) is 0 Å². The summed E-state index contributed by atoms with van der Waals surface area (Å²) in [5, 5.41) is 9.16. The van der Waals surface area contributed by atoms with Gasteiger partial charge in [0.25, 0.3) is 0 Å². The minimum absolute atomic E-state index is 0.0790. The maximum absolute atomic E-state index is 12.2. The molecular weight excluding hydrogens is 316 g/mol. The number of carbonyl (C=O) groups is 1. The molecule has 0 saturated heterocycles. The van der Waals surface area contributed by atoms with Crippen LogP contribution >= 0.6 is 0 Å². The Labute approximate surface area is 138 Å². The van der Waals surface area contributed by atoms with Crippen LogP contribution in [0.4, 0.5) is 0 Å². The fraction of sp³-hybridized carbons (Fsp3) is 0.294. The van der Waals surface area contributed by atoms with Gasteiger partial charge in [-0.2, -0.15) is 0 Å². The Morgan fingerprint density at radius 2 is 1.83 bits per heavy atom. The molecule has 0 fully saturated rings. The van der Waals surface area contributed by atoms with Gasteiger partial charge in [-0.25, -0.2) is 9.59 Å². The Kier molecular flexibility index (Phi) is 5.47. The quantitative estimate of drug-likeness (QED) is 0.831. The van der Waals surface area contributed by atoms with E-state index in [9.17, 15) is 9.59 Å². The van der Waals surface area contributed by atoms with E-state index >= 15 is 0 Å². The first-order chi connectivity index (χ1) is 11.5. The molecule has 0 amide bonds. The van der Waals surface area contributed by atoms with Crippen molar-refractivity contribution in [2.75, 3.05) is 20.8 Å². The summed E-state index contributed by atoms with van der Waals surface area (Å²) in [6, 6.07) is 6.30. The first kappa shape index (κ1) is 17.4. The molecular formula is C17H18O7. The topological polar surface area (TPSA) is 95.2 Å². The number of aromatic carboxylic acids is 1. The Morgan fingerprint density at radius 3 is 2.33 bits per heavy atom. The van der Waals surface area contributed by atoms with Crippen molar-refractivity contribution in [3.05, 3.63) is 40.4 Å². The molecule has 1 aromatic carbocycles. The van der Waals surface area contributed by atoms with Crippen molar-refractivity contribution >= 4 is 5.97 Å². The highest BCUT2D eigenvalue weighted by Gasteiger charge is 2.23. The Morgan fingerprint density at radius 1 is 1.21 bits per heavy atom. The van der Waals surface area contributed by atoms with E-state index in [-0.39, 0.29) is 17.9 Å². The zero-order valence-corrected chi connectivity index (χ0v) is 13.6. The van der Waals surface area contributed by atoms with E-state index < -0.39 is 17.4 Å². The molecule has 0 bridgehead atoms. The summed E-state index contributed by atoms with van der Waals surface area (Å²) >= 11 is 0. The lowest BCUT2D eigenvalue weighted by atomic mass is 10.0. The van der Waals surface area contributed by atoms with Gasteiger partial charge in [-0.15, -0.1) is 0 Å². The monoisotopic (exact) mass is 334 g/mol. The van der Waals surface area contributed by atoms with Crippen LogP contribution in [0.1, 0.15) is 23.9 Å². The van der Waals surface area contributed by atoms with Crippen molar-refractivity contribution in [2.45, 2.75) is 13.3 Å². The van der Waals surface area contributed by atoms with Gasteiger partial charge in [-0.1, -0.05) is 13.0 Å². The van der Waals surface area contributed by atoms with E-state index in [1.807, 2.05) is 6.92 Å². The maximum Gasteiger partial charge on any atom is 0.379 e. The van der Waals surface area contributed by atoms with Gasteiger partial charge in [0, 0.05) is 11.6 Å². The summed E-state index contributed by atoms with van der Waals surface area (Å²) in [6.07, 6.45) is 0.669. The molecule has 1 aromatic heterocycles. The van der Waals surface area contributed by atoms with Crippen LogP contribution in [0.2, 0.25) is 0 Å². The summed E-state index contributed by atoms with van der Waals surface area (Å²) in [5.41, 5.74) is -0.207. The van der Waals surface area contributed by atoms with Gasteiger partial charge in [0.15, 0.2) is 0 Å². The van der Waals surface area contributed by atoms with Crippen molar-refractivity contribution in [1.29, 1.82) is 0 Å². The number of benzene rings is 1. The summed E-state index contributed by atoms with van der Waals surface area (Å²) in [4.78, 5) is 23.4. The predicted molar refractivity (Wildman–Crippen MR) is 86.3 cm³/mol. The number of carboxylic acid groups (broad SMARTS) is 1. The fourth-order valence-electron chi connectivity index (χ4n) is 2.23. The predicted octanol–water partition coefficient (Wildman–Crippen LogP) is 2.81. The molecule has 7 nitrogen and oxygen atoms in total. The molecule has 0 aliphatic heterocycles. The van der Waals surface area contributed by atoms with Gasteiger partial charge in [0.1, 0.15) is 11.5 Å². The molecule has 1 N–H and O–H groups in total. The third-order valence-corrected chi connectivity index (χ3v) is 3.27. The lowest BCUT2D eigenvalue weighted by Crippen LogP contribution is -2.13. The minimum atomic E-state index is -1.36. The Balaban J connectivity index is 2.81. The second kappa shape index (κ2) is 7.54. The molecule has 7 heteroatoms. The number of methoxy groups -OCH3 is 2. The van der Waals surface area contributed by atoms with Crippen molar-refractivity contribution < 1.29 is 28.5 Å². The zero-order valence-electron chi connectivity index (χ0n) is 13.6. The summed E-state index contributed by atoms with van der Waals surface area (Å²) in [6.45, 7) is 2.16. The van der Waals surface area contributed by atoms with E-state index in [0.717, 1.165) is 0 Å². The SMILES string of the molecule is CCCOc1c(-c2c(OC)cccc2OC)cc(C(=O)O)oc1=O. The van der Waals surface area contributed by atoms with Crippen LogP contribution in [0.5, 0.6) is 17.2 Å². The van der Waals surface area contributed by atoms with Crippen LogP contribution in [-0.4, -0.2) is 31.9 Å². The molecule has 0 spiro atoms. The lowest BCUT2D eigenvalue weighted by molar-refractivity contribution is 0.0656. The second-order valence-corrected chi connectivity index (χ2v) is 4.83. The molecule has 0 saturated carbocycles. The van der Waals surface area contributed by atoms with Crippen LogP contribution in [0.25, 0.3) is 11.1 Å². The Bertz CT molecular complexity index is 770. The molecule has 2 aromatic rings. The summed E-state index contributed by atoms with van der Waals surface area (Å²) < 4.78 is 21.0. The molecule has 1 heterocycles. The maximum atomic E-state index is 12.2. The molecule has 24 heavy (non-hydrogen) atoms. The smallest absolute Gasteiger partial charge is 0.379 e. The standard InChI is InChI=1S/C17H18O7/c1-4-8-23-15-10(9-13(16(18)19)24-17(15)20)14-11(21-2)6-5-7-12(14)22-3/h5-7,9H,4,8H2,1-3H3,(H,18,19). The van der Waals surface area contributed by atoms with E-state index in [1.54, 1.807) is 18.2 Å². The number of hydrogen-bond donors (Lipinski definition) is 1. The highest BCUT2D eigenvalue weighted by Crippen LogP contribution is 2.41. The van der Waals surface area contributed by atoms with Gasteiger partial charge in [0.2, 0.25) is 11.5 Å². The third-order valence-electron chi connectivity index (χ3n) is 3.27. The lowest BCUT2D eigenvalue weighted by Gasteiger charge is -2.16. The van der Waals surface area contributed by atoms with E-state index in [1.165, 1.54) is 20.3 Å². The van der Waals surface area contributed by atoms with Crippen LogP contribution in [0.15, 0.2) is 33.5 Å². The first-order valence-electron chi connectivity index (χ1n) is 7.29. The first-order valence-corrected chi connectivity index (χ1v) is 7.29. The molecule has 0 radical (unpaired) electrons. The molecule has 0 unspecified atom stereocenters. The third kappa shape index (κ3) is 3.34. The number of carboxylic acids is 1. The number of ether oxygens (including phenoxy) is 3. The summed E-state index contributed by atoms with van der Waals surface area (Å²) in [5.74, 6) is -1.10. The number of rotatable bonds is 7. The highest BCUT2D eigenvalue weighted by atomic mass is 16.5. The van der Waals surface area contributed by atoms with E-state index in [0.29, 0.717) is 23.5 Å². The van der Waals surface area contributed by atoms with Crippen LogP contribution < -0.4 is 19.8 Å². The van der Waals surface area contributed by atoms with Crippen molar-refractivity contribution in [3.8, 4) is 28.4 Å². The van der Waals surface area contributed by atoms with E-state index in [2.05, 4.69) is 0 Å². The van der Waals surface area contributed by atoms with Gasteiger partial charge < -0.3 is 23.7 Å². The van der Waals surface area contributed by atoms with Crippen LogP contribution in [-0.2, 0) is 0 Å². The molecule has 0 atom stereocenters. The fourth-order valence-corrected chi connectivity index (χ4v) is 2.23. The van der Waals surface area contributed by atoms with Crippen molar-refractivity contribution in [2.24, 2.45) is 0 Å². The largest absolute Gasteiger partial charge is 0.496 e.